The van der Waals surface area contributed by atoms with E-state index in [9.17, 15) is 34.5 Å². The molecule has 0 bridgehead atoms. The first kappa shape index (κ1) is 66.5. The number of rotatable bonds is 51. The molecular formula is C59H108O12. The molecule has 71 heavy (non-hydrogen) atoms. The Bertz CT molecular complexity index is 1290. The van der Waals surface area contributed by atoms with Crippen LogP contribution in [0.5, 0.6) is 0 Å². The van der Waals surface area contributed by atoms with Gasteiger partial charge in [0.25, 0.3) is 0 Å². The van der Waals surface area contributed by atoms with Crippen LogP contribution in [-0.4, -0.2) is 89.2 Å². The standard InChI is InChI=1S/C59H108O12/c1-4-7-10-13-16-19-21-23-24-25-26-27-28-30-31-34-36-39-42-45-51(60)67-48-50(69-52(61)46-43-40-37-33-18-15-12-9-6-3)49-68-59-57(55(64)54(63)56(71-59)58(65)66)70-53(62)47-44-41-38-35-32-29-22-20-17-14-11-8-5-2/h23-24,50,54-57,59,63-64H,4-22,25-49H2,1-3H3,(H,65,66)/b24-23-. The smallest absolute Gasteiger partial charge is 0.335 e. The lowest BCUT2D eigenvalue weighted by molar-refractivity contribution is -0.301. The van der Waals surface area contributed by atoms with Crippen LogP contribution in [-0.2, 0) is 42.9 Å². The van der Waals surface area contributed by atoms with E-state index in [0.717, 1.165) is 57.8 Å². The Morgan fingerprint density at radius 3 is 1.20 bits per heavy atom. The van der Waals surface area contributed by atoms with Gasteiger partial charge in [0, 0.05) is 19.3 Å². The quantitative estimate of drug-likeness (QED) is 0.0228. The van der Waals surface area contributed by atoms with Crippen molar-refractivity contribution in [3.8, 4) is 0 Å². The zero-order valence-corrected chi connectivity index (χ0v) is 45.7. The number of ether oxygens (including phenoxy) is 5. The van der Waals surface area contributed by atoms with Crippen molar-refractivity contribution in [3.05, 3.63) is 12.2 Å². The Hall–Kier alpha value is -2.54. The van der Waals surface area contributed by atoms with Gasteiger partial charge in [0.1, 0.15) is 18.8 Å². The molecule has 0 aliphatic carbocycles. The largest absolute Gasteiger partial charge is 0.479 e. The molecule has 1 saturated heterocycles. The highest BCUT2D eigenvalue weighted by atomic mass is 16.7. The van der Waals surface area contributed by atoms with Crippen molar-refractivity contribution in [3.63, 3.8) is 0 Å². The summed E-state index contributed by atoms with van der Waals surface area (Å²) in [5.41, 5.74) is 0. The van der Waals surface area contributed by atoms with E-state index in [0.29, 0.717) is 19.3 Å². The van der Waals surface area contributed by atoms with Crippen LogP contribution >= 0.6 is 0 Å². The van der Waals surface area contributed by atoms with Crippen molar-refractivity contribution >= 4 is 23.9 Å². The third-order valence-electron chi connectivity index (χ3n) is 13.8. The van der Waals surface area contributed by atoms with Crippen molar-refractivity contribution in [1.29, 1.82) is 0 Å². The lowest BCUT2D eigenvalue weighted by atomic mass is 9.98. The number of hydrogen-bond acceptors (Lipinski definition) is 11. The normalized spacial score (nSPS) is 18.5. The number of aliphatic hydroxyl groups excluding tert-OH is 2. The first-order valence-corrected chi connectivity index (χ1v) is 29.7. The summed E-state index contributed by atoms with van der Waals surface area (Å²) in [4.78, 5) is 50.9. The molecule has 0 aromatic carbocycles. The zero-order valence-electron chi connectivity index (χ0n) is 45.7. The second kappa shape index (κ2) is 48.4. The van der Waals surface area contributed by atoms with Gasteiger partial charge in [-0.05, 0) is 44.9 Å². The Labute approximate surface area is 433 Å². The molecule has 1 aliphatic heterocycles. The summed E-state index contributed by atoms with van der Waals surface area (Å²) in [6.07, 6.45) is 40.6. The van der Waals surface area contributed by atoms with E-state index in [-0.39, 0.29) is 25.9 Å². The maximum Gasteiger partial charge on any atom is 0.335 e. The predicted molar refractivity (Wildman–Crippen MR) is 285 cm³/mol. The summed E-state index contributed by atoms with van der Waals surface area (Å²) >= 11 is 0. The summed E-state index contributed by atoms with van der Waals surface area (Å²) in [5, 5.41) is 31.4. The molecule has 12 heteroatoms. The molecule has 0 radical (unpaired) electrons. The number of aliphatic carboxylic acids is 1. The van der Waals surface area contributed by atoms with Gasteiger partial charge in [-0.25, -0.2) is 4.79 Å². The first-order valence-electron chi connectivity index (χ1n) is 29.7. The Morgan fingerprint density at radius 2 is 0.803 bits per heavy atom. The number of allylic oxidation sites excluding steroid dienone is 2. The second-order valence-electron chi connectivity index (χ2n) is 20.6. The van der Waals surface area contributed by atoms with Gasteiger partial charge in [-0.3, -0.25) is 14.4 Å². The number of carboxylic acid groups (broad SMARTS) is 1. The average Bonchev–Trinajstić information content (AvgIpc) is 3.35. The van der Waals surface area contributed by atoms with Crippen molar-refractivity contribution in [1.82, 2.24) is 0 Å². The third-order valence-corrected chi connectivity index (χ3v) is 13.8. The van der Waals surface area contributed by atoms with Gasteiger partial charge in [0.15, 0.2) is 24.6 Å². The predicted octanol–water partition coefficient (Wildman–Crippen LogP) is 14.9. The van der Waals surface area contributed by atoms with E-state index < -0.39 is 67.3 Å². The lowest BCUT2D eigenvalue weighted by Crippen LogP contribution is -2.61. The summed E-state index contributed by atoms with van der Waals surface area (Å²) in [5.74, 6) is -3.09. The van der Waals surface area contributed by atoms with E-state index in [1.165, 1.54) is 173 Å². The van der Waals surface area contributed by atoms with E-state index in [4.69, 9.17) is 23.7 Å². The van der Waals surface area contributed by atoms with E-state index in [2.05, 4.69) is 32.9 Å². The first-order chi connectivity index (χ1) is 34.6. The molecule has 3 N–H and O–H groups in total. The number of carbonyl (C=O) groups excluding carboxylic acids is 3. The molecule has 0 amide bonds. The summed E-state index contributed by atoms with van der Waals surface area (Å²) in [6, 6.07) is 0. The van der Waals surface area contributed by atoms with Crippen molar-refractivity contribution in [2.24, 2.45) is 0 Å². The molecular weight excluding hydrogens is 901 g/mol. The summed E-state index contributed by atoms with van der Waals surface area (Å²) < 4.78 is 28.4. The fourth-order valence-electron chi connectivity index (χ4n) is 9.25. The van der Waals surface area contributed by atoms with E-state index >= 15 is 0 Å². The molecule has 12 nitrogen and oxygen atoms in total. The highest BCUT2D eigenvalue weighted by molar-refractivity contribution is 5.74. The van der Waals surface area contributed by atoms with Crippen LogP contribution in [0.15, 0.2) is 12.2 Å². The van der Waals surface area contributed by atoms with Crippen molar-refractivity contribution < 1.29 is 58.2 Å². The Morgan fingerprint density at radius 1 is 0.451 bits per heavy atom. The minimum atomic E-state index is -1.89. The highest BCUT2D eigenvalue weighted by Crippen LogP contribution is 2.27. The van der Waals surface area contributed by atoms with Crippen LogP contribution in [0, 0.1) is 0 Å². The highest BCUT2D eigenvalue weighted by Gasteiger charge is 2.50. The number of carboxylic acids is 1. The number of aliphatic hydroxyl groups is 2. The summed E-state index contributed by atoms with van der Waals surface area (Å²) in [7, 11) is 0. The van der Waals surface area contributed by atoms with Crippen LogP contribution in [0.25, 0.3) is 0 Å². The maximum absolute atomic E-state index is 13.1. The molecule has 6 atom stereocenters. The molecule has 416 valence electrons. The monoisotopic (exact) mass is 1010 g/mol. The Balaban J connectivity index is 2.61. The molecule has 0 saturated carbocycles. The van der Waals surface area contributed by atoms with Gasteiger partial charge >= 0.3 is 23.9 Å². The molecule has 1 rings (SSSR count). The maximum atomic E-state index is 13.1. The Kier molecular flexibility index (Phi) is 45.3. The van der Waals surface area contributed by atoms with Gasteiger partial charge in [-0.15, -0.1) is 0 Å². The zero-order chi connectivity index (χ0) is 51.8. The van der Waals surface area contributed by atoms with Gasteiger partial charge in [0.05, 0.1) is 6.61 Å². The molecule has 6 unspecified atom stereocenters. The van der Waals surface area contributed by atoms with Gasteiger partial charge in [-0.1, -0.05) is 238 Å². The van der Waals surface area contributed by atoms with Crippen LogP contribution < -0.4 is 0 Å². The topological polar surface area (TPSA) is 175 Å². The second-order valence-corrected chi connectivity index (χ2v) is 20.6. The van der Waals surface area contributed by atoms with E-state index in [1.807, 2.05) is 0 Å². The van der Waals surface area contributed by atoms with E-state index in [1.54, 1.807) is 0 Å². The van der Waals surface area contributed by atoms with Crippen molar-refractivity contribution in [2.45, 2.75) is 327 Å². The van der Waals surface area contributed by atoms with Gasteiger partial charge in [0.2, 0.25) is 0 Å². The molecule has 0 aromatic heterocycles. The molecule has 0 spiro atoms. The summed E-state index contributed by atoms with van der Waals surface area (Å²) in [6.45, 7) is 5.98. The third kappa shape index (κ3) is 38.7. The minimum absolute atomic E-state index is 0.0683. The van der Waals surface area contributed by atoms with Gasteiger partial charge in [-0.2, -0.15) is 0 Å². The number of carbonyl (C=O) groups is 4. The van der Waals surface area contributed by atoms with Crippen LogP contribution in [0.3, 0.4) is 0 Å². The molecule has 1 aliphatic rings. The fraction of sp³-hybridized carbons (Fsp3) is 0.898. The van der Waals surface area contributed by atoms with Crippen molar-refractivity contribution in [2.75, 3.05) is 13.2 Å². The fourth-order valence-corrected chi connectivity index (χ4v) is 9.25. The number of esters is 3. The average molecular weight is 1010 g/mol. The van der Waals surface area contributed by atoms with Crippen LogP contribution in [0.2, 0.25) is 0 Å². The van der Waals surface area contributed by atoms with Crippen LogP contribution in [0.4, 0.5) is 0 Å². The lowest BCUT2D eigenvalue weighted by Gasteiger charge is -2.40. The van der Waals surface area contributed by atoms with Crippen LogP contribution in [0.1, 0.15) is 290 Å². The number of hydrogen-bond donors (Lipinski definition) is 3. The minimum Gasteiger partial charge on any atom is -0.479 e. The molecule has 0 aromatic rings. The molecule has 1 fully saturated rings. The van der Waals surface area contributed by atoms with Gasteiger partial charge < -0.3 is 39.0 Å². The SMILES string of the molecule is CCCCCCCC/C=C\CCCCCCCCCCCC(=O)OCC(COC1OC(C(=O)O)C(O)C(O)C1OC(=O)CCCCCCCCCCCCCCC)OC(=O)CCCCCCCCCCC. The molecule has 1 heterocycles. The number of unbranched alkanes of at least 4 members (excludes halogenated alkanes) is 35.